The number of nitrogens with zero attached hydrogens (tertiary/aromatic N) is 2. The highest BCUT2D eigenvalue weighted by Gasteiger charge is 2.10. The number of rotatable bonds is 8. The number of ether oxygens (including phenoxy) is 2. The maximum Gasteiger partial charge on any atom is 0.576 e. The summed E-state index contributed by atoms with van der Waals surface area (Å²) in [4.78, 5) is 8.14. The van der Waals surface area contributed by atoms with Crippen LogP contribution in [0.1, 0.15) is 11.4 Å². The Hall–Kier alpha value is -4.14. The zero-order valence-electron chi connectivity index (χ0n) is 17.9. The van der Waals surface area contributed by atoms with Gasteiger partial charge in [0.2, 0.25) is 0 Å². The van der Waals surface area contributed by atoms with E-state index < -0.39 is 11.6 Å². The van der Waals surface area contributed by atoms with Crippen LogP contribution in [-0.2, 0) is 0 Å². The van der Waals surface area contributed by atoms with Crippen LogP contribution in [0.25, 0.3) is 0 Å². The lowest BCUT2D eigenvalue weighted by molar-refractivity contribution is 0.425. The van der Waals surface area contributed by atoms with Gasteiger partial charge < -0.3 is 18.8 Å². The standard InChI is InChI=1S/C24H19BF2N2O4/c1-15-11-17(7-9-28-15)30-23-5-3-19(13-21(23)26)32-25-33-20-4-6-24(22(27)14-20)31-18-8-10-29-16(2)12-18/h3-14,25H,1-2H3. The number of halogens is 2. The zero-order chi connectivity index (χ0) is 23.2. The van der Waals surface area contributed by atoms with E-state index in [0.717, 1.165) is 11.4 Å². The molecule has 4 aromatic rings. The minimum Gasteiger partial charge on any atom is -0.528 e. The summed E-state index contributed by atoms with van der Waals surface area (Å²) in [6.45, 7) is 3.63. The third kappa shape index (κ3) is 5.97. The quantitative estimate of drug-likeness (QED) is 0.323. The van der Waals surface area contributed by atoms with Crippen molar-refractivity contribution in [1.82, 2.24) is 9.97 Å². The van der Waals surface area contributed by atoms with Crippen LogP contribution in [0.4, 0.5) is 8.78 Å². The Balaban J connectivity index is 1.32. The van der Waals surface area contributed by atoms with Crippen LogP contribution >= 0.6 is 0 Å². The summed E-state index contributed by atoms with van der Waals surface area (Å²) in [5.41, 5.74) is 1.52. The van der Waals surface area contributed by atoms with Crippen molar-refractivity contribution in [2.75, 3.05) is 0 Å². The zero-order valence-corrected chi connectivity index (χ0v) is 17.9. The second-order valence-corrected chi connectivity index (χ2v) is 7.06. The van der Waals surface area contributed by atoms with Gasteiger partial charge in [-0.05, 0) is 50.2 Å². The first-order chi connectivity index (χ1) is 16.0. The third-order valence-corrected chi connectivity index (χ3v) is 4.45. The van der Waals surface area contributed by atoms with Gasteiger partial charge in [0.1, 0.15) is 23.0 Å². The second-order valence-electron chi connectivity index (χ2n) is 7.06. The molecule has 0 atom stereocenters. The van der Waals surface area contributed by atoms with Gasteiger partial charge in [-0.1, -0.05) is 0 Å². The van der Waals surface area contributed by atoms with Gasteiger partial charge in [0.05, 0.1) is 0 Å². The summed E-state index contributed by atoms with van der Waals surface area (Å²) in [5.74, 6) is 0.339. The lowest BCUT2D eigenvalue weighted by Gasteiger charge is -2.11. The average molecular weight is 448 g/mol. The molecule has 6 nitrogen and oxygen atoms in total. The minimum absolute atomic E-state index is 0.0518. The van der Waals surface area contributed by atoms with Crippen LogP contribution in [0, 0.1) is 25.5 Å². The number of benzene rings is 2. The van der Waals surface area contributed by atoms with E-state index in [2.05, 4.69) is 9.97 Å². The van der Waals surface area contributed by atoms with Crippen LogP contribution in [0.15, 0.2) is 73.1 Å². The molecule has 0 fully saturated rings. The van der Waals surface area contributed by atoms with Crippen molar-refractivity contribution in [3.63, 3.8) is 0 Å². The molecule has 0 saturated heterocycles. The van der Waals surface area contributed by atoms with Crippen molar-refractivity contribution in [3.8, 4) is 34.5 Å². The summed E-state index contributed by atoms with van der Waals surface area (Å²) in [7, 11) is -0.244. The Kier molecular flexibility index (Phi) is 6.68. The first-order valence-electron chi connectivity index (χ1n) is 10.0. The van der Waals surface area contributed by atoms with E-state index in [4.69, 9.17) is 18.8 Å². The molecule has 0 spiro atoms. The smallest absolute Gasteiger partial charge is 0.528 e. The van der Waals surface area contributed by atoms with Gasteiger partial charge in [0.25, 0.3) is 0 Å². The van der Waals surface area contributed by atoms with E-state index in [-0.39, 0.29) is 30.7 Å². The van der Waals surface area contributed by atoms with Gasteiger partial charge in [-0.3, -0.25) is 9.97 Å². The highest BCUT2D eigenvalue weighted by Crippen LogP contribution is 2.29. The molecule has 2 aromatic heterocycles. The number of aromatic nitrogens is 2. The predicted octanol–water partition coefficient (Wildman–Crippen LogP) is 5.68. The molecule has 0 amide bonds. The molecule has 0 aliphatic carbocycles. The van der Waals surface area contributed by atoms with E-state index in [1.54, 1.807) is 48.8 Å². The SMILES string of the molecule is Cc1cc(Oc2ccc(OBOc3ccc(Oc4ccnc(C)c4)c(F)c3)cc2F)ccn1. The molecule has 0 radical (unpaired) electrons. The third-order valence-electron chi connectivity index (χ3n) is 4.45. The largest absolute Gasteiger partial charge is 0.576 e. The first-order valence-corrected chi connectivity index (χ1v) is 10.0. The van der Waals surface area contributed by atoms with Gasteiger partial charge in [0.15, 0.2) is 23.1 Å². The highest BCUT2D eigenvalue weighted by atomic mass is 19.1. The Bertz CT molecular complexity index is 1180. The molecule has 166 valence electrons. The topological polar surface area (TPSA) is 62.7 Å². The van der Waals surface area contributed by atoms with E-state index in [1.807, 2.05) is 13.8 Å². The Morgan fingerprint density at radius 2 is 1.06 bits per heavy atom. The van der Waals surface area contributed by atoms with E-state index in [1.165, 1.54) is 24.3 Å². The lowest BCUT2D eigenvalue weighted by Crippen LogP contribution is -2.11. The normalized spacial score (nSPS) is 10.4. The molecule has 0 N–H and O–H groups in total. The molecular formula is C24H19BF2N2O4. The fourth-order valence-corrected chi connectivity index (χ4v) is 2.89. The molecule has 4 rings (SSSR count). The minimum atomic E-state index is -0.596. The first kappa shape index (κ1) is 22.1. The lowest BCUT2D eigenvalue weighted by atomic mass is 10.2. The molecule has 0 bridgehead atoms. The van der Waals surface area contributed by atoms with Crippen molar-refractivity contribution >= 4 is 7.69 Å². The summed E-state index contributed by atoms with van der Waals surface area (Å²) in [6, 6.07) is 15.0. The van der Waals surface area contributed by atoms with Gasteiger partial charge >= 0.3 is 7.69 Å². The number of aryl methyl sites for hydroxylation is 2. The van der Waals surface area contributed by atoms with Crippen LogP contribution < -0.4 is 18.8 Å². The van der Waals surface area contributed by atoms with Crippen molar-refractivity contribution < 1.29 is 27.6 Å². The molecule has 0 unspecified atom stereocenters. The van der Waals surface area contributed by atoms with Crippen LogP contribution in [0.5, 0.6) is 34.5 Å². The van der Waals surface area contributed by atoms with Crippen molar-refractivity contribution in [2.24, 2.45) is 0 Å². The van der Waals surface area contributed by atoms with E-state index in [0.29, 0.717) is 11.5 Å². The number of pyridine rings is 2. The van der Waals surface area contributed by atoms with E-state index in [9.17, 15) is 8.78 Å². The average Bonchev–Trinajstić information content (AvgIpc) is 2.78. The second kappa shape index (κ2) is 9.99. The summed E-state index contributed by atoms with van der Waals surface area (Å²) >= 11 is 0. The fraction of sp³-hybridized carbons (Fsp3) is 0.0833. The van der Waals surface area contributed by atoms with Gasteiger partial charge in [-0.2, -0.15) is 0 Å². The van der Waals surface area contributed by atoms with E-state index >= 15 is 0 Å². The predicted molar refractivity (Wildman–Crippen MR) is 119 cm³/mol. The van der Waals surface area contributed by atoms with Crippen LogP contribution in [-0.4, -0.2) is 17.7 Å². The molecule has 2 aromatic carbocycles. The Morgan fingerprint density at radius 3 is 1.45 bits per heavy atom. The van der Waals surface area contributed by atoms with Gasteiger partial charge in [-0.15, -0.1) is 0 Å². The molecule has 9 heteroatoms. The highest BCUT2D eigenvalue weighted by molar-refractivity contribution is 6.20. The van der Waals surface area contributed by atoms with Gasteiger partial charge in [-0.25, -0.2) is 8.78 Å². The molecular weight excluding hydrogens is 429 g/mol. The molecule has 33 heavy (non-hydrogen) atoms. The monoisotopic (exact) mass is 448 g/mol. The molecule has 0 aliphatic rings. The Labute approximate surface area is 190 Å². The number of hydrogen-bond donors (Lipinski definition) is 0. The maximum atomic E-state index is 14.4. The Morgan fingerprint density at radius 1 is 0.606 bits per heavy atom. The maximum absolute atomic E-state index is 14.4. The van der Waals surface area contributed by atoms with Crippen molar-refractivity contribution in [3.05, 3.63) is 96.1 Å². The van der Waals surface area contributed by atoms with Crippen LogP contribution in [0.3, 0.4) is 0 Å². The molecule has 0 saturated carbocycles. The number of hydrogen-bond acceptors (Lipinski definition) is 6. The summed E-state index contributed by atoms with van der Waals surface area (Å²) in [6.07, 6.45) is 3.16. The van der Waals surface area contributed by atoms with Crippen molar-refractivity contribution in [1.29, 1.82) is 0 Å². The van der Waals surface area contributed by atoms with Crippen molar-refractivity contribution in [2.45, 2.75) is 13.8 Å². The fourth-order valence-electron chi connectivity index (χ4n) is 2.89. The van der Waals surface area contributed by atoms with Crippen LogP contribution in [0.2, 0.25) is 0 Å². The van der Waals surface area contributed by atoms with Gasteiger partial charge in [0, 0.05) is 48.0 Å². The summed E-state index contributed by atoms with van der Waals surface area (Å²) < 4.78 is 50.6. The molecule has 0 aliphatic heterocycles. The summed E-state index contributed by atoms with van der Waals surface area (Å²) in [5, 5.41) is 0. The molecule has 2 heterocycles.